The van der Waals surface area contributed by atoms with Gasteiger partial charge in [-0.2, -0.15) is 0 Å². The first-order valence-electron chi connectivity index (χ1n) is 11.2. The van der Waals surface area contributed by atoms with Crippen molar-refractivity contribution in [3.05, 3.63) is 52.8 Å². The summed E-state index contributed by atoms with van der Waals surface area (Å²) < 4.78 is 25.6. The third kappa shape index (κ3) is 6.22. The zero-order valence-electron chi connectivity index (χ0n) is 19.2. The van der Waals surface area contributed by atoms with Crippen LogP contribution in [0.3, 0.4) is 0 Å². The van der Waals surface area contributed by atoms with Crippen molar-refractivity contribution in [3.8, 4) is 16.9 Å². The van der Waals surface area contributed by atoms with Gasteiger partial charge in [0.1, 0.15) is 11.6 Å². The molecule has 0 amide bonds. The molecule has 0 saturated carbocycles. The van der Waals surface area contributed by atoms with Crippen LogP contribution >= 0.6 is 0 Å². The average molecular weight is 460 g/mol. The van der Waals surface area contributed by atoms with Gasteiger partial charge in [0.25, 0.3) is 0 Å². The molecule has 8 heteroatoms. The number of ether oxygens (including phenoxy) is 2. The fourth-order valence-corrected chi connectivity index (χ4v) is 3.75. The monoisotopic (exact) mass is 459 g/mol. The predicted molar refractivity (Wildman–Crippen MR) is 120 cm³/mol. The summed E-state index contributed by atoms with van der Waals surface area (Å²) in [7, 11) is 0. The number of carboxylic acid groups (broad SMARTS) is 1. The highest BCUT2D eigenvalue weighted by molar-refractivity contribution is 5.77. The lowest BCUT2D eigenvalue weighted by Crippen LogP contribution is -2.34. The molecule has 0 fully saturated rings. The molecular formula is C25H30FNO6. The number of carboxylic acids is 1. The van der Waals surface area contributed by atoms with Crippen LogP contribution in [0.15, 0.2) is 30.3 Å². The SMILES string of the molecule is CCOc1ccc(CC(=O)O)cc1-c1ccc(F)c2c1CN(OC(=O)OCC(C)CC)CC2. The number of nitrogens with zero attached hydrogens (tertiary/aromatic N) is 1. The molecular weight excluding hydrogens is 429 g/mol. The van der Waals surface area contributed by atoms with Crippen molar-refractivity contribution >= 4 is 12.1 Å². The fraction of sp³-hybridized carbons (Fsp3) is 0.440. The van der Waals surface area contributed by atoms with Gasteiger partial charge < -0.3 is 19.4 Å². The van der Waals surface area contributed by atoms with Crippen molar-refractivity contribution < 1.29 is 33.4 Å². The molecule has 33 heavy (non-hydrogen) atoms. The summed E-state index contributed by atoms with van der Waals surface area (Å²) in [6.07, 6.45) is 0.318. The third-order valence-electron chi connectivity index (χ3n) is 5.70. The Balaban J connectivity index is 1.91. The first-order chi connectivity index (χ1) is 15.8. The van der Waals surface area contributed by atoms with Gasteiger partial charge in [-0.05, 0) is 59.7 Å². The maximum atomic E-state index is 14.6. The van der Waals surface area contributed by atoms with E-state index in [1.165, 1.54) is 11.1 Å². The Bertz CT molecular complexity index is 1010. The second-order valence-electron chi connectivity index (χ2n) is 8.17. The van der Waals surface area contributed by atoms with Gasteiger partial charge in [-0.25, -0.2) is 9.18 Å². The summed E-state index contributed by atoms with van der Waals surface area (Å²) in [4.78, 5) is 28.7. The van der Waals surface area contributed by atoms with Gasteiger partial charge in [0.05, 0.1) is 26.2 Å². The van der Waals surface area contributed by atoms with E-state index in [-0.39, 0.29) is 31.3 Å². The van der Waals surface area contributed by atoms with Gasteiger partial charge in [-0.1, -0.05) is 32.4 Å². The number of hydrogen-bond acceptors (Lipinski definition) is 6. The molecule has 1 atom stereocenters. The molecule has 0 radical (unpaired) electrons. The van der Waals surface area contributed by atoms with Gasteiger partial charge in [0.15, 0.2) is 0 Å². The molecule has 1 aliphatic rings. The van der Waals surface area contributed by atoms with Crippen molar-refractivity contribution in [3.63, 3.8) is 0 Å². The molecule has 1 unspecified atom stereocenters. The number of aliphatic carboxylic acids is 1. The minimum atomic E-state index is -0.943. The van der Waals surface area contributed by atoms with Crippen LogP contribution in [0, 0.1) is 11.7 Å². The highest BCUT2D eigenvalue weighted by Crippen LogP contribution is 2.38. The van der Waals surface area contributed by atoms with E-state index in [1.807, 2.05) is 20.8 Å². The van der Waals surface area contributed by atoms with E-state index in [2.05, 4.69) is 0 Å². The normalized spacial score (nSPS) is 14.3. The summed E-state index contributed by atoms with van der Waals surface area (Å²) in [5.41, 5.74) is 3.21. The van der Waals surface area contributed by atoms with Crippen LogP contribution in [0.25, 0.3) is 11.1 Å². The number of hydrogen-bond donors (Lipinski definition) is 1. The van der Waals surface area contributed by atoms with Crippen LogP contribution < -0.4 is 4.74 Å². The molecule has 0 saturated heterocycles. The largest absolute Gasteiger partial charge is 0.527 e. The fourth-order valence-electron chi connectivity index (χ4n) is 3.75. The van der Waals surface area contributed by atoms with Crippen molar-refractivity contribution in [2.24, 2.45) is 5.92 Å². The van der Waals surface area contributed by atoms with E-state index >= 15 is 0 Å². The number of hydroxylamine groups is 2. The van der Waals surface area contributed by atoms with Crippen LogP contribution in [-0.2, 0) is 33.8 Å². The highest BCUT2D eigenvalue weighted by Gasteiger charge is 2.27. The van der Waals surface area contributed by atoms with Gasteiger partial charge in [-0.15, -0.1) is 5.06 Å². The standard InChI is InChI=1S/C25H30FNO6/c1-4-16(3)15-32-25(30)33-27-11-10-19-21(14-27)18(7-8-22(19)26)20-12-17(13-24(28)29)6-9-23(20)31-5-2/h6-9,12,16H,4-5,10-11,13-15H2,1-3H3,(H,28,29). The number of fused-ring (bicyclic) bond motifs is 1. The second kappa shape index (κ2) is 11.1. The number of benzene rings is 2. The van der Waals surface area contributed by atoms with Crippen LogP contribution in [0.4, 0.5) is 9.18 Å². The van der Waals surface area contributed by atoms with Crippen molar-refractivity contribution in [2.45, 2.75) is 46.6 Å². The van der Waals surface area contributed by atoms with Gasteiger partial charge in [0.2, 0.25) is 0 Å². The van der Waals surface area contributed by atoms with E-state index in [1.54, 1.807) is 24.3 Å². The Labute approximate surface area is 193 Å². The molecule has 2 aromatic rings. The molecule has 0 bridgehead atoms. The summed E-state index contributed by atoms with van der Waals surface area (Å²) in [6.45, 7) is 7.06. The van der Waals surface area contributed by atoms with Crippen LogP contribution in [0.5, 0.6) is 5.75 Å². The Morgan fingerprint density at radius 2 is 1.94 bits per heavy atom. The predicted octanol–water partition coefficient (Wildman–Crippen LogP) is 4.99. The maximum absolute atomic E-state index is 14.6. The molecule has 0 aliphatic carbocycles. The van der Waals surface area contributed by atoms with E-state index in [9.17, 15) is 19.1 Å². The van der Waals surface area contributed by atoms with Crippen molar-refractivity contribution in [2.75, 3.05) is 19.8 Å². The number of halogens is 1. The van der Waals surface area contributed by atoms with Crippen LogP contribution in [0.2, 0.25) is 0 Å². The van der Waals surface area contributed by atoms with Crippen LogP contribution in [-0.4, -0.2) is 42.1 Å². The molecule has 7 nitrogen and oxygen atoms in total. The van der Waals surface area contributed by atoms with Gasteiger partial charge >= 0.3 is 12.1 Å². The Hall–Kier alpha value is -3.13. The molecule has 3 rings (SSSR count). The minimum absolute atomic E-state index is 0.139. The Kier molecular flexibility index (Phi) is 8.27. The summed E-state index contributed by atoms with van der Waals surface area (Å²) in [5, 5.41) is 10.7. The van der Waals surface area contributed by atoms with Gasteiger partial charge in [0, 0.05) is 12.1 Å². The first-order valence-corrected chi connectivity index (χ1v) is 11.2. The molecule has 0 spiro atoms. The molecule has 1 heterocycles. The van der Waals surface area contributed by atoms with Gasteiger partial charge in [-0.3, -0.25) is 4.79 Å². The zero-order chi connectivity index (χ0) is 24.0. The molecule has 1 aliphatic heterocycles. The summed E-state index contributed by atoms with van der Waals surface area (Å²) in [6, 6.07) is 8.26. The number of rotatable bonds is 9. The average Bonchev–Trinajstić information content (AvgIpc) is 2.78. The van der Waals surface area contributed by atoms with Crippen molar-refractivity contribution in [1.29, 1.82) is 0 Å². The summed E-state index contributed by atoms with van der Waals surface area (Å²) >= 11 is 0. The third-order valence-corrected chi connectivity index (χ3v) is 5.70. The summed E-state index contributed by atoms with van der Waals surface area (Å²) in [5.74, 6) is -0.462. The smallest absolute Gasteiger partial charge is 0.493 e. The van der Waals surface area contributed by atoms with Crippen molar-refractivity contribution in [1.82, 2.24) is 5.06 Å². The van der Waals surface area contributed by atoms with E-state index < -0.39 is 12.1 Å². The molecule has 1 N–H and O–H groups in total. The lowest BCUT2D eigenvalue weighted by molar-refractivity contribution is -0.139. The minimum Gasteiger partial charge on any atom is -0.493 e. The topological polar surface area (TPSA) is 85.3 Å². The Morgan fingerprint density at radius 1 is 1.15 bits per heavy atom. The van der Waals surface area contributed by atoms with Crippen LogP contribution in [0.1, 0.15) is 43.9 Å². The zero-order valence-corrected chi connectivity index (χ0v) is 19.2. The van der Waals surface area contributed by atoms with E-state index in [4.69, 9.17) is 14.3 Å². The second-order valence-corrected chi connectivity index (χ2v) is 8.17. The lowest BCUT2D eigenvalue weighted by atomic mass is 9.90. The molecule has 0 aromatic heterocycles. The number of carbonyl (C=O) groups is 2. The molecule has 178 valence electrons. The Morgan fingerprint density at radius 3 is 2.64 bits per heavy atom. The van der Waals surface area contributed by atoms with E-state index in [0.717, 1.165) is 6.42 Å². The lowest BCUT2D eigenvalue weighted by Gasteiger charge is -2.29. The quantitative estimate of drug-likeness (QED) is 0.529. The maximum Gasteiger partial charge on any atom is 0.527 e. The highest BCUT2D eigenvalue weighted by atomic mass is 19.1. The number of carbonyl (C=O) groups excluding carboxylic acids is 1. The first kappa shape index (κ1) is 24.5. The molecule has 2 aromatic carbocycles. The van der Waals surface area contributed by atoms with E-state index in [0.29, 0.717) is 53.1 Å².